The van der Waals surface area contributed by atoms with Crippen LogP contribution in [0.5, 0.6) is 5.75 Å². The average Bonchev–Trinajstić information content (AvgIpc) is 3.01. The number of amides is 2. The molecule has 0 bridgehead atoms. The molecule has 236 valence electrons. The molecule has 0 radical (unpaired) electrons. The van der Waals surface area contributed by atoms with Crippen molar-refractivity contribution in [2.45, 2.75) is 57.1 Å². The lowest BCUT2D eigenvalue weighted by molar-refractivity contribution is -0.140. The molecule has 1 N–H and O–H groups in total. The van der Waals surface area contributed by atoms with Gasteiger partial charge in [0, 0.05) is 18.5 Å². The van der Waals surface area contributed by atoms with E-state index < -0.39 is 34.1 Å². The van der Waals surface area contributed by atoms with Gasteiger partial charge in [-0.3, -0.25) is 13.9 Å². The summed E-state index contributed by atoms with van der Waals surface area (Å²) in [7, 11) is -2.65. The minimum absolute atomic E-state index is 0.0464. The third-order valence-corrected chi connectivity index (χ3v) is 8.96. The number of carbonyl (C=O) groups is 2. The van der Waals surface area contributed by atoms with E-state index in [0.29, 0.717) is 11.4 Å². The number of aryl methyl sites for hydroxylation is 1. The molecule has 0 aliphatic carbocycles. The molecule has 0 aliphatic heterocycles. The molecule has 4 rings (SSSR count). The molecular weight excluding hydrogens is 586 g/mol. The molecule has 2 amide bonds. The number of ether oxygens (including phenoxy) is 1. The number of sulfonamides is 1. The second-order valence-electron chi connectivity index (χ2n) is 12.0. The Morgan fingerprint density at radius 2 is 1.42 bits per heavy atom. The Bertz CT molecular complexity index is 1690. The lowest BCUT2D eigenvalue weighted by Gasteiger charge is -2.35. The fourth-order valence-corrected chi connectivity index (χ4v) is 6.45. The van der Waals surface area contributed by atoms with Crippen LogP contribution in [0, 0.1) is 6.92 Å². The first-order valence-corrected chi connectivity index (χ1v) is 16.2. The predicted molar refractivity (Wildman–Crippen MR) is 178 cm³/mol. The highest BCUT2D eigenvalue weighted by Gasteiger charge is 2.35. The van der Waals surface area contributed by atoms with Crippen LogP contribution in [-0.4, -0.2) is 50.4 Å². The Morgan fingerprint density at radius 3 is 2.00 bits per heavy atom. The van der Waals surface area contributed by atoms with Crippen LogP contribution in [0.2, 0.25) is 0 Å². The zero-order valence-electron chi connectivity index (χ0n) is 26.4. The molecule has 0 saturated heterocycles. The summed E-state index contributed by atoms with van der Waals surface area (Å²) in [6.45, 7) is 7.20. The Labute approximate surface area is 266 Å². The van der Waals surface area contributed by atoms with Gasteiger partial charge in [-0.2, -0.15) is 0 Å². The van der Waals surface area contributed by atoms with Gasteiger partial charge in [-0.05, 0) is 75.2 Å². The zero-order valence-corrected chi connectivity index (χ0v) is 27.3. The fourth-order valence-electron chi connectivity index (χ4n) is 5.01. The van der Waals surface area contributed by atoms with Crippen molar-refractivity contribution >= 4 is 27.5 Å². The van der Waals surface area contributed by atoms with Crippen molar-refractivity contribution < 1.29 is 22.7 Å². The maximum atomic E-state index is 14.5. The quantitative estimate of drug-likeness (QED) is 0.216. The number of anilines is 1. The van der Waals surface area contributed by atoms with Crippen molar-refractivity contribution in [1.82, 2.24) is 10.2 Å². The van der Waals surface area contributed by atoms with Crippen LogP contribution in [0.4, 0.5) is 5.69 Å². The highest BCUT2D eigenvalue weighted by atomic mass is 32.2. The maximum Gasteiger partial charge on any atom is 0.264 e. The van der Waals surface area contributed by atoms with Crippen LogP contribution in [0.3, 0.4) is 0 Å². The van der Waals surface area contributed by atoms with Crippen molar-refractivity contribution in [1.29, 1.82) is 0 Å². The van der Waals surface area contributed by atoms with Gasteiger partial charge >= 0.3 is 0 Å². The maximum absolute atomic E-state index is 14.5. The van der Waals surface area contributed by atoms with Gasteiger partial charge in [0.1, 0.15) is 18.3 Å². The van der Waals surface area contributed by atoms with Gasteiger partial charge in [0.2, 0.25) is 11.8 Å². The first-order valence-electron chi connectivity index (χ1n) is 14.8. The summed E-state index contributed by atoms with van der Waals surface area (Å²) in [6.07, 6.45) is 0.244. The molecule has 0 spiro atoms. The molecule has 9 heteroatoms. The van der Waals surface area contributed by atoms with Gasteiger partial charge in [-0.15, -0.1) is 0 Å². The zero-order chi connectivity index (χ0) is 32.6. The van der Waals surface area contributed by atoms with Gasteiger partial charge in [0.25, 0.3) is 10.0 Å². The number of methoxy groups -OCH3 is 1. The van der Waals surface area contributed by atoms with Gasteiger partial charge in [0.05, 0.1) is 17.7 Å². The van der Waals surface area contributed by atoms with E-state index in [1.807, 2.05) is 82.3 Å². The number of nitrogens with zero attached hydrogens (tertiary/aromatic N) is 2. The van der Waals surface area contributed by atoms with E-state index in [4.69, 9.17) is 4.74 Å². The summed E-state index contributed by atoms with van der Waals surface area (Å²) >= 11 is 0. The summed E-state index contributed by atoms with van der Waals surface area (Å²) in [4.78, 5) is 30.0. The first kappa shape index (κ1) is 33.3. The second-order valence-corrected chi connectivity index (χ2v) is 13.8. The van der Waals surface area contributed by atoms with Crippen LogP contribution < -0.4 is 14.4 Å². The Morgan fingerprint density at radius 1 is 0.822 bits per heavy atom. The fraction of sp³-hybridized carbons (Fsp3) is 0.278. The highest BCUT2D eigenvalue weighted by Crippen LogP contribution is 2.27. The van der Waals surface area contributed by atoms with E-state index in [9.17, 15) is 18.0 Å². The van der Waals surface area contributed by atoms with E-state index in [0.717, 1.165) is 21.0 Å². The largest absolute Gasteiger partial charge is 0.497 e. The molecule has 1 atom stereocenters. The summed E-state index contributed by atoms with van der Waals surface area (Å²) < 4.78 is 34.5. The molecule has 4 aromatic carbocycles. The standard InChI is InChI=1S/C36H41N3O5S/c1-27-13-12-16-29(23-27)25-38(33(35(41)37-36(2,3)4)24-28-14-8-6-9-15-28)34(40)26-39(30-19-21-31(44-5)22-20-30)45(42,43)32-17-10-7-11-18-32/h6-23,33H,24-26H2,1-5H3,(H,37,41). The Hall–Kier alpha value is -4.63. The molecule has 45 heavy (non-hydrogen) atoms. The predicted octanol–water partition coefficient (Wildman–Crippen LogP) is 5.75. The second kappa shape index (κ2) is 14.4. The number of rotatable bonds is 12. The smallest absolute Gasteiger partial charge is 0.264 e. The third kappa shape index (κ3) is 8.95. The summed E-state index contributed by atoms with van der Waals surface area (Å²) in [6, 6.07) is 30.8. The van der Waals surface area contributed by atoms with Crippen LogP contribution in [-0.2, 0) is 32.6 Å². The van der Waals surface area contributed by atoms with E-state index in [1.54, 1.807) is 42.5 Å². The SMILES string of the molecule is COc1ccc(N(CC(=O)N(Cc2cccc(C)c2)C(Cc2ccccc2)C(=O)NC(C)(C)C)S(=O)(=O)c2ccccc2)cc1. The number of hydrogen-bond donors (Lipinski definition) is 1. The average molecular weight is 628 g/mol. The van der Waals surface area contributed by atoms with E-state index in [2.05, 4.69) is 5.32 Å². The minimum atomic E-state index is -4.17. The van der Waals surface area contributed by atoms with E-state index >= 15 is 0 Å². The van der Waals surface area contributed by atoms with Crippen LogP contribution in [0.25, 0.3) is 0 Å². The highest BCUT2D eigenvalue weighted by molar-refractivity contribution is 7.92. The van der Waals surface area contributed by atoms with Crippen molar-refractivity contribution in [2.75, 3.05) is 18.0 Å². The van der Waals surface area contributed by atoms with Crippen molar-refractivity contribution in [3.63, 3.8) is 0 Å². The Kier molecular flexibility index (Phi) is 10.7. The normalized spacial score (nSPS) is 12.2. The number of hydrogen-bond acceptors (Lipinski definition) is 5. The van der Waals surface area contributed by atoms with Crippen LogP contribution in [0.1, 0.15) is 37.5 Å². The molecule has 1 unspecified atom stereocenters. The van der Waals surface area contributed by atoms with Crippen molar-refractivity contribution in [2.24, 2.45) is 0 Å². The van der Waals surface area contributed by atoms with Crippen molar-refractivity contribution in [3.8, 4) is 5.75 Å². The summed E-state index contributed by atoms with van der Waals surface area (Å²) in [5.74, 6) is -0.295. The van der Waals surface area contributed by atoms with Gasteiger partial charge < -0.3 is 15.0 Å². The lowest BCUT2D eigenvalue weighted by Crippen LogP contribution is -2.56. The molecule has 4 aromatic rings. The monoisotopic (exact) mass is 627 g/mol. The van der Waals surface area contributed by atoms with E-state index in [-0.39, 0.29) is 23.8 Å². The first-order chi connectivity index (χ1) is 21.4. The lowest BCUT2D eigenvalue weighted by atomic mass is 10.0. The van der Waals surface area contributed by atoms with Gasteiger partial charge in [-0.25, -0.2) is 8.42 Å². The number of nitrogens with one attached hydrogen (secondary N) is 1. The minimum Gasteiger partial charge on any atom is -0.497 e. The molecule has 0 aliphatic rings. The Balaban J connectivity index is 1.81. The number of carbonyl (C=O) groups excluding carboxylic acids is 2. The molecule has 0 aromatic heterocycles. The molecule has 0 fully saturated rings. The van der Waals surface area contributed by atoms with Crippen LogP contribution >= 0.6 is 0 Å². The topological polar surface area (TPSA) is 96.0 Å². The van der Waals surface area contributed by atoms with Crippen LogP contribution in [0.15, 0.2) is 114 Å². The van der Waals surface area contributed by atoms with Gasteiger partial charge in [0.15, 0.2) is 0 Å². The molecule has 0 heterocycles. The third-order valence-electron chi connectivity index (χ3n) is 7.18. The number of benzene rings is 4. The molecule has 8 nitrogen and oxygen atoms in total. The summed E-state index contributed by atoms with van der Waals surface area (Å²) in [5, 5.41) is 3.05. The van der Waals surface area contributed by atoms with E-state index in [1.165, 1.54) is 24.1 Å². The van der Waals surface area contributed by atoms with Gasteiger partial charge in [-0.1, -0.05) is 78.4 Å². The molecule has 0 saturated carbocycles. The summed E-state index contributed by atoms with van der Waals surface area (Å²) in [5.41, 5.74) is 2.44. The molecular formula is C36H41N3O5S. The van der Waals surface area contributed by atoms with Crippen molar-refractivity contribution in [3.05, 3.63) is 126 Å².